The second kappa shape index (κ2) is 3.11. The van der Waals surface area contributed by atoms with Gasteiger partial charge in [0, 0.05) is 11.3 Å². The van der Waals surface area contributed by atoms with Gasteiger partial charge in [-0.05, 0) is 23.8 Å². The molecule has 0 radical (unpaired) electrons. The highest BCUT2D eigenvalue weighted by Gasteiger charge is 2.14. The van der Waals surface area contributed by atoms with Gasteiger partial charge < -0.3 is 0 Å². The summed E-state index contributed by atoms with van der Waals surface area (Å²) in [5, 5.41) is 0.200. The lowest BCUT2D eigenvalue weighted by Gasteiger charge is -2.12. The first kappa shape index (κ1) is 8.13. The zero-order valence-electron chi connectivity index (χ0n) is 6.26. The van der Waals surface area contributed by atoms with E-state index in [0.29, 0.717) is 0 Å². The maximum absolute atomic E-state index is 11.3. The molecule has 0 unspecified atom stereocenters. The fraction of sp³-hybridized carbons (Fsp3) is 0.429. The monoisotopic (exact) mass is 202 g/mol. The van der Waals surface area contributed by atoms with Crippen molar-refractivity contribution in [3.63, 3.8) is 0 Å². The van der Waals surface area contributed by atoms with Gasteiger partial charge in [0.05, 0.1) is 5.69 Å². The zero-order chi connectivity index (χ0) is 8.55. The average molecular weight is 203 g/mol. The molecule has 2 rings (SSSR count). The van der Waals surface area contributed by atoms with Gasteiger partial charge in [-0.2, -0.15) is 11.8 Å². The van der Waals surface area contributed by atoms with Gasteiger partial charge in [-0.1, -0.05) is 0 Å². The highest BCUT2D eigenvalue weighted by atomic mass is 35.5. The molecule has 0 saturated heterocycles. The molecule has 64 valence electrons. The molecular formula is C7H7ClN2OS. The number of rotatable bonds is 0. The lowest BCUT2D eigenvalue weighted by atomic mass is 10.2. The van der Waals surface area contributed by atoms with Crippen LogP contribution in [0.2, 0.25) is 5.28 Å². The van der Waals surface area contributed by atoms with Crippen molar-refractivity contribution in [3.05, 3.63) is 26.9 Å². The fourth-order valence-corrected chi connectivity index (χ4v) is 2.38. The van der Waals surface area contributed by atoms with Crippen LogP contribution in [0.15, 0.2) is 4.79 Å². The van der Waals surface area contributed by atoms with Gasteiger partial charge in [0.1, 0.15) is 0 Å². The Labute approximate surface area is 78.5 Å². The second-order valence-corrected chi connectivity index (χ2v) is 4.05. The minimum Gasteiger partial charge on any atom is -0.297 e. The average Bonchev–Trinajstić information content (AvgIpc) is 2.04. The van der Waals surface area contributed by atoms with Crippen molar-refractivity contribution in [2.75, 3.05) is 5.75 Å². The summed E-state index contributed by atoms with van der Waals surface area (Å²) in [6.07, 6.45) is 0.851. The molecule has 0 atom stereocenters. The van der Waals surface area contributed by atoms with Crippen LogP contribution in [-0.4, -0.2) is 15.7 Å². The van der Waals surface area contributed by atoms with Crippen molar-refractivity contribution < 1.29 is 0 Å². The number of fused-ring (bicyclic) bond motifs is 1. The third-order valence-corrected chi connectivity index (χ3v) is 2.97. The first-order valence-corrected chi connectivity index (χ1v) is 5.16. The van der Waals surface area contributed by atoms with E-state index in [1.54, 1.807) is 11.8 Å². The van der Waals surface area contributed by atoms with Crippen molar-refractivity contribution in [2.45, 2.75) is 12.2 Å². The molecule has 1 aromatic heterocycles. The van der Waals surface area contributed by atoms with Gasteiger partial charge in [0.2, 0.25) is 5.28 Å². The SMILES string of the molecule is O=c1[nH]c(Cl)nc2c1CSCC2. The van der Waals surface area contributed by atoms with Crippen LogP contribution in [0.5, 0.6) is 0 Å². The Hall–Kier alpha value is -0.480. The van der Waals surface area contributed by atoms with E-state index in [4.69, 9.17) is 11.6 Å². The Morgan fingerprint density at radius 1 is 1.58 bits per heavy atom. The van der Waals surface area contributed by atoms with Crippen molar-refractivity contribution in [2.24, 2.45) is 0 Å². The highest BCUT2D eigenvalue weighted by Crippen LogP contribution is 2.20. The van der Waals surface area contributed by atoms with Crippen molar-refractivity contribution in [1.82, 2.24) is 9.97 Å². The molecule has 1 aromatic rings. The van der Waals surface area contributed by atoms with Crippen LogP contribution in [0.3, 0.4) is 0 Å². The third kappa shape index (κ3) is 1.36. The third-order valence-electron chi connectivity index (χ3n) is 1.80. The maximum atomic E-state index is 11.3. The molecule has 1 aliphatic heterocycles. The maximum Gasteiger partial charge on any atom is 0.256 e. The molecule has 0 aliphatic carbocycles. The van der Waals surface area contributed by atoms with E-state index in [-0.39, 0.29) is 10.8 Å². The summed E-state index contributed by atoms with van der Waals surface area (Å²) < 4.78 is 0. The van der Waals surface area contributed by atoms with Crippen LogP contribution in [0.25, 0.3) is 0 Å². The smallest absolute Gasteiger partial charge is 0.256 e. The van der Waals surface area contributed by atoms with E-state index in [0.717, 1.165) is 29.2 Å². The van der Waals surface area contributed by atoms with E-state index in [9.17, 15) is 4.79 Å². The van der Waals surface area contributed by atoms with Crippen LogP contribution in [0.4, 0.5) is 0 Å². The molecular weight excluding hydrogens is 196 g/mol. The minimum atomic E-state index is -0.0859. The number of aromatic nitrogens is 2. The fourth-order valence-electron chi connectivity index (χ4n) is 1.21. The standard InChI is InChI=1S/C7H7ClN2OS/c8-7-9-5-1-2-12-3-4(5)6(11)10-7/h1-3H2,(H,9,10,11). The lowest BCUT2D eigenvalue weighted by molar-refractivity contribution is 0.932. The van der Waals surface area contributed by atoms with E-state index in [2.05, 4.69) is 9.97 Å². The summed E-state index contributed by atoms with van der Waals surface area (Å²) in [6.45, 7) is 0. The van der Waals surface area contributed by atoms with E-state index < -0.39 is 0 Å². The second-order valence-electron chi connectivity index (χ2n) is 2.58. The van der Waals surface area contributed by atoms with Crippen LogP contribution in [0, 0.1) is 0 Å². The van der Waals surface area contributed by atoms with Crippen LogP contribution >= 0.6 is 23.4 Å². The summed E-state index contributed by atoms with van der Waals surface area (Å²) in [5.74, 6) is 1.79. The van der Waals surface area contributed by atoms with Crippen LogP contribution in [0.1, 0.15) is 11.3 Å². The Balaban J connectivity index is 2.60. The number of hydrogen-bond acceptors (Lipinski definition) is 3. The first-order valence-electron chi connectivity index (χ1n) is 3.62. The van der Waals surface area contributed by atoms with Crippen molar-refractivity contribution in [1.29, 1.82) is 0 Å². The van der Waals surface area contributed by atoms with Gasteiger partial charge in [-0.25, -0.2) is 4.98 Å². The molecule has 0 spiro atoms. The number of nitrogens with zero attached hydrogens (tertiary/aromatic N) is 1. The Kier molecular flexibility index (Phi) is 2.11. The molecule has 1 aliphatic rings. The number of halogens is 1. The van der Waals surface area contributed by atoms with Gasteiger partial charge in [-0.15, -0.1) is 0 Å². The Morgan fingerprint density at radius 3 is 3.25 bits per heavy atom. The number of aryl methyl sites for hydroxylation is 1. The number of thioether (sulfide) groups is 1. The summed E-state index contributed by atoms with van der Waals surface area (Å²) >= 11 is 7.36. The molecule has 5 heteroatoms. The molecule has 0 fully saturated rings. The minimum absolute atomic E-state index is 0.0859. The molecule has 0 bridgehead atoms. The number of H-pyrrole nitrogens is 1. The lowest BCUT2D eigenvalue weighted by Crippen LogP contribution is -2.20. The van der Waals surface area contributed by atoms with E-state index >= 15 is 0 Å². The largest absolute Gasteiger partial charge is 0.297 e. The molecule has 2 heterocycles. The topological polar surface area (TPSA) is 45.8 Å². The number of aromatic amines is 1. The Morgan fingerprint density at radius 2 is 2.42 bits per heavy atom. The summed E-state index contributed by atoms with van der Waals surface area (Å²) in [6, 6.07) is 0. The quantitative estimate of drug-likeness (QED) is 0.644. The van der Waals surface area contributed by atoms with Crippen molar-refractivity contribution in [3.8, 4) is 0 Å². The normalized spacial score (nSPS) is 15.8. The molecule has 3 nitrogen and oxygen atoms in total. The molecule has 1 N–H and O–H groups in total. The molecule has 12 heavy (non-hydrogen) atoms. The van der Waals surface area contributed by atoms with E-state index in [1.807, 2.05) is 0 Å². The van der Waals surface area contributed by atoms with Crippen molar-refractivity contribution >= 4 is 23.4 Å². The molecule has 0 aromatic carbocycles. The van der Waals surface area contributed by atoms with Gasteiger partial charge >= 0.3 is 0 Å². The molecule has 0 amide bonds. The zero-order valence-corrected chi connectivity index (χ0v) is 7.84. The van der Waals surface area contributed by atoms with Gasteiger partial charge in [-0.3, -0.25) is 9.78 Å². The predicted molar refractivity (Wildman–Crippen MR) is 49.7 cm³/mol. The van der Waals surface area contributed by atoms with Gasteiger partial charge in [0.15, 0.2) is 0 Å². The van der Waals surface area contributed by atoms with E-state index in [1.165, 1.54) is 0 Å². The highest BCUT2D eigenvalue weighted by molar-refractivity contribution is 7.98. The van der Waals surface area contributed by atoms with Crippen LogP contribution in [-0.2, 0) is 12.2 Å². The number of nitrogens with one attached hydrogen (secondary N) is 1. The van der Waals surface area contributed by atoms with Crippen LogP contribution < -0.4 is 5.56 Å². The summed E-state index contributed by atoms with van der Waals surface area (Å²) in [7, 11) is 0. The molecule has 0 saturated carbocycles. The number of hydrogen-bond donors (Lipinski definition) is 1. The van der Waals surface area contributed by atoms with Gasteiger partial charge in [0.25, 0.3) is 5.56 Å². The Bertz CT molecular complexity index is 363. The summed E-state index contributed by atoms with van der Waals surface area (Å²) in [4.78, 5) is 17.8. The first-order chi connectivity index (χ1) is 5.77. The summed E-state index contributed by atoms with van der Waals surface area (Å²) in [5.41, 5.74) is 1.57. The predicted octanol–water partition coefficient (Wildman–Crippen LogP) is 1.21.